The maximum atomic E-state index is 11.1. The summed E-state index contributed by atoms with van der Waals surface area (Å²) < 4.78 is 5.64. The Bertz CT molecular complexity index is 511. The molecule has 4 heteroatoms. The van der Waals surface area contributed by atoms with Crippen molar-refractivity contribution < 1.29 is 14.6 Å². The van der Waals surface area contributed by atoms with Crippen LogP contribution in [0.15, 0.2) is 12.1 Å². The van der Waals surface area contributed by atoms with E-state index in [0.29, 0.717) is 18.9 Å². The molecule has 1 aliphatic rings. The van der Waals surface area contributed by atoms with Gasteiger partial charge in [-0.05, 0) is 30.4 Å². The van der Waals surface area contributed by atoms with Crippen molar-refractivity contribution in [1.29, 1.82) is 0 Å². The quantitative estimate of drug-likeness (QED) is 0.888. The highest BCUT2D eigenvalue weighted by Gasteiger charge is 2.33. The highest BCUT2D eigenvalue weighted by Crippen LogP contribution is 2.39. The number of benzene rings is 1. The zero-order valence-electron chi connectivity index (χ0n) is 12.6. The van der Waals surface area contributed by atoms with E-state index in [0.717, 1.165) is 16.9 Å². The number of carboxylic acid groups (broad SMARTS) is 1. The molecule has 0 radical (unpaired) electrons. The van der Waals surface area contributed by atoms with E-state index < -0.39 is 5.97 Å². The van der Waals surface area contributed by atoms with Crippen molar-refractivity contribution in [2.45, 2.75) is 39.2 Å². The highest BCUT2D eigenvalue weighted by atomic mass is 16.5. The van der Waals surface area contributed by atoms with E-state index in [9.17, 15) is 4.79 Å². The van der Waals surface area contributed by atoms with Crippen molar-refractivity contribution >= 4 is 5.97 Å². The number of hydrogen-bond donors (Lipinski definition) is 2. The summed E-state index contributed by atoms with van der Waals surface area (Å²) >= 11 is 0. The SMILES string of the molecule is COc1c(C(C)C)ccc(C)c1C1CC(C(=O)O)CN1. The van der Waals surface area contributed by atoms with Gasteiger partial charge >= 0.3 is 5.97 Å². The number of ether oxygens (including phenoxy) is 1. The molecular formula is C16H23NO3. The lowest BCUT2D eigenvalue weighted by Crippen LogP contribution is -2.18. The van der Waals surface area contributed by atoms with Gasteiger partial charge in [-0.25, -0.2) is 0 Å². The summed E-state index contributed by atoms with van der Waals surface area (Å²) in [4.78, 5) is 11.1. The Morgan fingerprint density at radius 2 is 2.15 bits per heavy atom. The standard InChI is InChI=1S/C16H23NO3/c1-9(2)12-6-5-10(3)14(15(12)20-4)13-7-11(8-17-13)16(18)19/h5-6,9,11,13,17H,7-8H2,1-4H3,(H,18,19). The molecule has 1 saturated heterocycles. The van der Waals surface area contributed by atoms with Gasteiger partial charge in [0.2, 0.25) is 0 Å². The van der Waals surface area contributed by atoms with Crippen LogP contribution in [0.1, 0.15) is 48.9 Å². The smallest absolute Gasteiger partial charge is 0.307 e. The van der Waals surface area contributed by atoms with Crippen LogP contribution in [0.5, 0.6) is 5.75 Å². The second-order valence-corrected chi connectivity index (χ2v) is 5.81. The van der Waals surface area contributed by atoms with Crippen LogP contribution >= 0.6 is 0 Å². The van der Waals surface area contributed by atoms with Crippen molar-refractivity contribution in [2.75, 3.05) is 13.7 Å². The Hall–Kier alpha value is -1.55. The molecule has 2 rings (SSSR count). The summed E-state index contributed by atoms with van der Waals surface area (Å²) in [7, 11) is 1.69. The monoisotopic (exact) mass is 277 g/mol. The molecular weight excluding hydrogens is 254 g/mol. The first-order chi connectivity index (χ1) is 9.45. The fraction of sp³-hybridized carbons (Fsp3) is 0.562. The summed E-state index contributed by atoms with van der Waals surface area (Å²) in [6.07, 6.45) is 0.619. The zero-order chi connectivity index (χ0) is 14.9. The van der Waals surface area contributed by atoms with Gasteiger partial charge in [0, 0.05) is 18.2 Å². The molecule has 0 aromatic heterocycles. The van der Waals surface area contributed by atoms with E-state index in [1.165, 1.54) is 5.56 Å². The van der Waals surface area contributed by atoms with Gasteiger partial charge < -0.3 is 15.2 Å². The van der Waals surface area contributed by atoms with E-state index >= 15 is 0 Å². The van der Waals surface area contributed by atoms with Crippen molar-refractivity contribution in [3.8, 4) is 5.75 Å². The topological polar surface area (TPSA) is 58.6 Å². The molecule has 2 atom stereocenters. The number of aliphatic carboxylic acids is 1. The molecule has 1 heterocycles. The Kier molecular flexibility index (Phi) is 4.33. The van der Waals surface area contributed by atoms with Crippen molar-refractivity contribution in [1.82, 2.24) is 5.32 Å². The largest absolute Gasteiger partial charge is 0.496 e. The minimum Gasteiger partial charge on any atom is -0.496 e. The molecule has 0 spiro atoms. The summed E-state index contributed by atoms with van der Waals surface area (Å²) in [5.41, 5.74) is 3.44. The Morgan fingerprint density at radius 3 is 2.65 bits per heavy atom. The van der Waals surface area contributed by atoms with Gasteiger partial charge in [0.05, 0.1) is 13.0 Å². The van der Waals surface area contributed by atoms with Gasteiger partial charge in [0.25, 0.3) is 0 Å². The van der Waals surface area contributed by atoms with Gasteiger partial charge in [-0.2, -0.15) is 0 Å². The summed E-state index contributed by atoms with van der Waals surface area (Å²) in [5.74, 6) is 0.243. The fourth-order valence-corrected chi connectivity index (χ4v) is 2.97. The number of carboxylic acids is 1. The van der Waals surface area contributed by atoms with Crippen LogP contribution in [0, 0.1) is 12.8 Å². The number of nitrogens with one attached hydrogen (secondary N) is 1. The maximum absolute atomic E-state index is 11.1. The molecule has 1 aromatic rings. The Morgan fingerprint density at radius 1 is 1.45 bits per heavy atom. The predicted molar refractivity (Wildman–Crippen MR) is 78.3 cm³/mol. The number of aryl methyl sites for hydroxylation is 1. The molecule has 0 bridgehead atoms. The normalized spacial score (nSPS) is 22.2. The molecule has 1 aromatic carbocycles. The third kappa shape index (κ3) is 2.66. The maximum Gasteiger partial charge on any atom is 0.307 e. The van der Waals surface area contributed by atoms with E-state index in [4.69, 9.17) is 9.84 Å². The third-order valence-corrected chi connectivity index (χ3v) is 4.10. The van der Waals surface area contributed by atoms with Crippen molar-refractivity contribution in [3.63, 3.8) is 0 Å². The average molecular weight is 277 g/mol. The number of methoxy groups -OCH3 is 1. The van der Waals surface area contributed by atoms with Crippen LogP contribution < -0.4 is 10.1 Å². The minimum absolute atomic E-state index is 0.0600. The first-order valence-corrected chi connectivity index (χ1v) is 7.09. The Labute approximate surface area is 120 Å². The Balaban J connectivity index is 2.41. The van der Waals surface area contributed by atoms with Gasteiger partial charge in [0.1, 0.15) is 5.75 Å². The summed E-state index contributed by atoms with van der Waals surface area (Å²) in [5, 5.41) is 12.5. The van der Waals surface area contributed by atoms with Crippen molar-refractivity contribution in [3.05, 3.63) is 28.8 Å². The van der Waals surface area contributed by atoms with Crippen LogP contribution in [-0.2, 0) is 4.79 Å². The average Bonchev–Trinajstić information content (AvgIpc) is 2.87. The van der Waals surface area contributed by atoms with E-state index in [1.807, 2.05) is 0 Å². The number of hydrogen-bond acceptors (Lipinski definition) is 3. The molecule has 20 heavy (non-hydrogen) atoms. The minimum atomic E-state index is -0.725. The molecule has 1 fully saturated rings. The second-order valence-electron chi connectivity index (χ2n) is 5.81. The van der Waals surface area contributed by atoms with Crippen LogP contribution in [-0.4, -0.2) is 24.7 Å². The fourth-order valence-electron chi connectivity index (χ4n) is 2.97. The summed E-state index contributed by atoms with van der Waals surface area (Å²) in [6.45, 7) is 6.85. The second kappa shape index (κ2) is 5.83. The molecule has 0 saturated carbocycles. The van der Waals surface area contributed by atoms with Crippen molar-refractivity contribution in [2.24, 2.45) is 5.92 Å². The molecule has 2 N–H and O–H groups in total. The molecule has 2 unspecified atom stereocenters. The number of rotatable bonds is 4. The lowest BCUT2D eigenvalue weighted by atomic mass is 9.90. The first-order valence-electron chi connectivity index (χ1n) is 7.09. The van der Waals surface area contributed by atoms with Gasteiger partial charge in [-0.15, -0.1) is 0 Å². The lowest BCUT2D eigenvalue weighted by Gasteiger charge is -2.22. The van der Waals surface area contributed by atoms with Gasteiger partial charge in [-0.1, -0.05) is 26.0 Å². The van der Waals surface area contributed by atoms with Crippen LogP contribution in [0.25, 0.3) is 0 Å². The first kappa shape index (κ1) is 14.9. The van der Waals surface area contributed by atoms with E-state index in [2.05, 4.69) is 38.2 Å². The zero-order valence-corrected chi connectivity index (χ0v) is 12.6. The lowest BCUT2D eigenvalue weighted by molar-refractivity contribution is -0.141. The molecule has 1 aliphatic heterocycles. The molecule has 4 nitrogen and oxygen atoms in total. The van der Waals surface area contributed by atoms with Crippen LogP contribution in [0.3, 0.4) is 0 Å². The predicted octanol–water partition coefficient (Wildman–Crippen LogP) is 2.86. The molecule has 0 aliphatic carbocycles. The van der Waals surface area contributed by atoms with Gasteiger partial charge in [-0.3, -0.25) is 4.79 Å². The number of carbonyl (C=O) groups is 1. The van der Waals surface area contributed by atoms with E-state index in [1.54, 1.807) is 7.11 Å². The third-order valence-electron chi connectivity index (χ3n) is 4.10. The van der Waals surface area contributed by atoms with Gasteiger partial charge in [0.15, 0.2) is 0 Å². The van der Waals surface area contributed by atoms with Crippen LogP contribution in [0.4, 0.5) is 0 Å². The highest BCUT2D eigenvalue weighted by molar-refractivity contribution is 5.71. The van der Waals surface area contributed by atoms with E-state index in [-0.39, 0.29) is 12.0 Å². The molecule has 110 valence electrons. The molecule has 0 amide bonds. The summed E-state index contributed by atoms with van der Waals surface area (Å²) in [6, 6.07) is 4.26. The van der Waals surface area contributed by atoms with Crippen LogP contribution in [0.2, 0.25) is 0 Å².